The van der Waals surface area contributed by atoms with Crippen LogP contribution in [0.4, 0.5) is 0 Å². The van der Waals surface area contributed by atoms with Gasteiger partial charge in [-0.05, 0) is 30.5 Å². The summed E-state index contributed by atoms with van der Waals surface area (Å²) >= 11 is 0. The van der Waals surface area contributed by atoms with E-state index in [2.05, 4.69) is 43.4 Å². The summed E-state index contributed by atoms with van der Waals surface area (Å²) < 4.78 is 0. The third-order valence-corrected chi connectivity index (χ3v) is 6.13. The Hall–Kier alpha value is -1.58. The maximum absolute atomic E-state index is 12.1. The summed E-state index contributed by atoms with van der Waals surface area (Å²) in [5.74, 6) is 0. The molecule has 3 heteroatoms. The van der Waals surface area contributed by atoms with Crippen molar-refractivity contribution in [3.8, 4) is 0 Å². The highest BCUT2D eigenvalue weighted by Gasteiger charge is 2.44. The highest BCUT2D eigenvalue weighted by atomic mass is 16.3. The second-order valence-electron chi connectivity index (χ2n) is 8.13. The van der Waals surface area contributed by atoms with Gasteiger partial charge in [0.2, 0.25) is 7.41 Å². The number of hydrogen-bond acceptors (Lipinski definition) is 2. The molecule has 28 heavy (non-hydrogen) atoms. The van der Waals surface area contributed by atoms with E-state index in [-0.39, 0.29) is 6.04 Å². The molecule has 1 atom stereocenters. The van der Waals surface area contributed by atoms with Crippen LogP contribution in [0.5, 0.6) is 0 Å². The first-order chi connectivity index (χ1) is 13.8. The van der Waals surface area contributed by atoms with Gasteiger partial charge in [0.15, 0.2) is 0 Å². The lowest BCUT2D eigenvalue weighted by molar-refractivity contribution is 0.0197. The molecular weight excluding hydrogens is 341 g/mol. The standard InChI is InChI=1S/C25H35BNO/c1-2-3-4-5-6-13-20-26-27-21-14-19-24(27)25(28,22-15-9-7-10-16-22)23-17-11-8-12-18-23/h7-12,15-18,24,28H,2-6,13-14,19-21H2,1H3. The molecule has 1 heterocycles. The summed E-state index contributed by atoms with van der Waals surface area (Å²) in [6, 6.07) is 20.5. The molecule has 0 spiro atoms. The second-order valence-corrected chi connectivity index (χ2v) is 8.13. The maximum atomic E-state index is 12.1. The van der Waals surface area contributed by atoms with Crippen LogP contribution in [0.25, 0.3) is 0 Å². The minimum atomic E-state index is -0.976. The van der Waals surface area contributed by atoms with Gasteiger partial charge in [-0.25, -0.2) is 0 Å². The maximum Gasteiger partial charge on any atom is 0.208 e. The largest absolute Gasteiger partial charge is 0.379 e. The molecule has 3 rings (SSSR count). The number of unbranched alkanes of at least 4 members (excludes halogenated alkanes) is 5. The molecular formula is C25H35BNO. The minimum Gasteiger partial charge on any atom is -0.379 e. The van der Waals surface area contributed by atoms with Crippen molar-refractivity contribution >= 4 is 7.41 Å². The van der Waals surface area contributed by atoms with Crippen LogP contribution in [0.3, 0.4) is 0 Å². The molecule has 1 unspecified atom stereocenters. The first kappa shape index (κ1) is 21.1. The van der Waals surface area contributed by atoms with Gasteiger partial charge < -0.3 is 9.92 Å². The minimum absolute atomic E-state index is 0.0948. The van der Waals surface area contributed by atoms with E-state index in [1.54, 1.807) is 0 Å². The zero-order valence-electron chi connectivity index (χ0n) is 17.4. The predicted molar refractivity (Wildman–Crippen MR) is 120 cm³/mol. The van der Waals surface area contributed by atoms with Gasteiger partial charge in [-0.1, -0.05) is 112 Å². The molecule has 0 bridgehead atoms. The number of aliphatic hydroxyl groups is 1. The van der Waals surface area contributed by atoms with Gasteiger partial charge in [0.05, 0.1) is 0 Å². The number of rotatable bonds is 11. The van der Waals surface area contributed by atoms with Crippen molar-refractivity contribution < 1.29 is 5.11 Å². The highest BCUT2D eigenvalue weighted by molar-refractivity contribution is 6.32. The van der Waals surface area contributed by atoms with Crippen LogP contribution in [-0.2, 0) is 5.60 Å². The Balaban J connectivity index is 1.69. The summed E-state index contributed by atoms with van der Waals surface area (Å²) in [5.41, 5.74) is 1.01. The number of nitrogens with zero attached hydrogens (tertiary/aromatic N) is 1. The van der Waals surface area contributed by atoms with E-state index >= 15 is 0 Å². The summed E-state index contributed by atoms with van der Waals surface area (Å²) in [5, 5.41) is 12.1. The molecule has 2 aromatic carbocycles. The fourth-order valence-electron chi connectivity index (χ4n) is 4.57. The summed E-state index contributed by atoms with van der Waals surface area (Å²) in [6.07, 6.45) is 11.2. The lowest BCUT2D eigenvalue weighted by Gasteiger charge is -2.40. The molecule has 149 valence electrons. The van der Waals surface area contributed by atoms with Gasteiger partial charge in [-0.3, -0.25) is 0 Å². The topological polar surface area (TPSA) is 23.5 Å². The van der Waals surface area contributed by atoms with Crippen LogP contribution in [-0.4, -0.2) is 29.9 Å². The van der Waals surface area contributed by atoms with E-state index in [0.29, 0.717) is 0 Å². The van der Waals surface area contributed by atoms with Gasteiger partial charge >= 0.3 is 0 Å². The van der Waals surface area contributed by atoms with E-state index in [4.69, 9.17) is 0 Å². The molecule has 2 nitrogen and oxygen atoms in total. The Morgan fingerprint density at radius 1 is 0.893 bits per heavy atom. The Morgan fingerprint density at radius 2 is 1.46 bits per heavy atom. The molecule has 0 saturated carbocycles. The smallest absolute Gasteiger partial charge is 0.208 e. The Bertz CT molecular complexity index is 636. The molecule has 0 aromatic heterocycles. The lowest BCUT2D eigenvalue weighted by atomic mass is 9.74. The molecule has 0 aliphatic carbocycles. The van der Waals surface area contributed by atoms with Crippen LogP contribution in [0.15, 0.2) is 60.7 Å². The Morgan fingerprint density at radius 3 is 2.07 bits per heavy atom. The van der Waals surface area contributed by atoms with Gasteiger partial charge in [0.25, 0.3) is 0 Å². The molecule has 1 radical (unpaired) electrons. The van der Waals surface area contributed by atoms with E-state index < -0.39 is 5.60 Å². The number of hydrogen-bond donors (Lipinski definition) is 1. The predicted octanol–water partition coefficient (Wildman–Crippen LogP) is 5.78. The average molecular weight is 376 g/mol. The van der Waals surface area contributed by atoms with Gasteiger partial charge in [-0.15, -0.1) is 0 Å². The van der Waals surface area contributed by atoms with Crippen molar-refractivity contribution in [3.05, 3.63) is 71.8 Å². The van der Waals surface area contributed by atoms with E-state index in [0.717, 1.165) is 36.8 Å². The van der Waals surface area contributed by atoms with Crippen molar-refractivity contribution in [3.63, 3.8) is 0 Å². The van der Waals surface area contributed by atoms with Crippen LogP contribution in [0.2, 0.25) is 6.32 Å². The Kier molecular flexibility index (Phi) is 8.18. The zero-order chi connectivity index (χ0) is 19.7. The summed E-state index contributed by atoms with van der Waals surface area (Å²) in [6.45, 7) is 3.31. The third kappa shape index (κ3) is 5.07. The van der Waals surface area contributed by atoms with Crippen molar-refractivity contribution in [2.75, 3.05) is 6.54 Å². The SMILES string of the molecule is CCCCCCCC[B]N1CCCC1C(O)(c1ccccc1)c1ccccc1. The average Bonchev–Trinajstić information content (AvgIpc) is 3.23. The number of benzene rings is 2. The molecule has 2 aromatic rings. The molecule has 0 amide bonds. The fraction of sp³-hybridized carbons (Fsp3) is 0.520. The third-order valence-electron chi connectivity index (χ3n) is 6.13. The normalized spacial score (nSPS) is 17.7. The molecule has 1 fully saturated rings. The lowest BCUT2D eigenvalue weighted by Crippen LogP contribution is -2.49. The zero-order valence-corrected chi connectivity index (χ0v) is 17.4. The highest BCUT2D eigenvalue weighted by Crippen LogP contribution is 2.40. The van der Waals surface area contributed by atoms with Gasteiger partial charge in [-0.2, -0.15) is 0 Å². The van der Waals surface area contributed by atoms with Crippen LogP contribution >= 0.6 is 0 Å². The second kappa shape index (κ2) is 10.8. The molecule has 1 aliphatic rings. The fourth-order valence-corrected chi connectivity index (χ4v) is 4.57. The Labute approximate surface area is 172 Å². The van der Waals surface area contributed by atoms with Crippen molar-refractivity contribution in [1.82, 2.24) is 4.81 Å². The van der Waals surface area contributed by atoms with E-state index in [1.165, 1.54) is 38.5 Å². The summed E-state index contributed by atoms with van der Waals surface area (Å²) in [7, 11) is 2.37. The van der Waals surface area contributed by atoms with Crippen molar-refractivity contribution in [2.45, 2.75) is 76.3 Å². The monoisotopic (exact) mass is 376 g/mol. The molecule has 1 aliphatic heterocycles. The van der Waals surface area contributed by atoms with Crippen LogP contribution < -0.4 is 0 Å². The first-order valence-electron chi connectivity index (χ1n) is 11.2. The van der Waals surface area contributed by atoms with Crippen molar-refractivity contribution in [1.29, 1.82) is 0 Å². The first-order valence-corrected chi connectivity index (χ1v) is 11.2. The van der Waals surface area contributed by atoms with Crippen LogP contribution in [0.1, 0.15) is 69.4 Å². The van der Waals surface area contributed by atoms with Crippen molar-refractivity contribution in [2.24, 2.45) is 0 Å². The van der Waals surface area contributed by atoms with E-state index in [1.807, 2.05) is 36.4 Å². The quantitative estimate of drug-likeness (QED) is 0.397. The van der Waals surface area contributed by atoms with Gasteiger partial charge in [0.1, 0.15) is 5.60 Å². The van der Waals surface area contributed by atoms with E-state index in [9.17, 15) is 5.11 Å². The summed E-state index contributed by atoms with van der Waals surface area (Å²) in [4.78, 5) is 2.42. The van der Waals surface area contributed by atoms with Gasteiger partial charge in [0, 0.05) is 6.04 Å². The molecule has 1 N–H and O–H groups in total. The molecule has 1 saturated heterocycles. The van der Waals surface area contributed by atoms with Crippen LogP contribution in [0, 0.1) is 0 Å².